The van der Waals surface area contributed by atoms with Crippen LogP contribution < -0.4 is 11.1 Å². The van der Waals surface area contributed by atoms with Crippen molar-refractivity contribution < 1.29 is 4.79 Å². The van der Waals surface area contributed by atoms with E-state index in [1.165, 1.54) is 0 Å². The summed E-state index contributed by atoms with van der Waals surface area (Å²) in [6, 6.07) is 7.22. The van der Waals surface area contributed by atoms with E-state index >= 15 is 0 Å². The second-order valence-corrected chi connectivity index (χ2v) is 6.48. The number of benzene rings is 1. The Morgan fingerprint density at radius 3 is 2.61 bits per heavy atom. The van der Waals surface area contributed by atoms with E-state index in [1.807, 2.05) is 38.1 Å². The third-order valence-electron chi connectivity index (χ3n) is 3.13. The average molecular weight is 403 g/mol. The molecule has 0 aliphatic heterocycles. The molecule has 0 radical (unpaired) electrons. The van der Waals surface area contributed by atoms with Crippen LogP contribution in [0, 0.1) is 5.92 Å². The first-order valence-corrected chi connectivity index (χ1v) is 7.95. The Bertz CT molecular complexity index is 629. The van der Waals surface area contributed by atoms with Crippen molar-refractivity contribution in [2.24, 2.45) is 11.7 Å². The first-order chi connectivity index (χ1) is 10.5. The Morgan fingerprint density at radius 1 is 1.35 bits per heavy atom. The van der Waals surface area contributed by atoms with Crippen LogP contribution in [-0.2, 0) is 11.3 Å². The van der Waals surface area contributed by atoms with E-state index in [0.717, 1.165) is 10.0 Å². The number of nitrogens with two attached hydrogens (primary N) is 1. The number of aromatic nitrogens is 3. The molecule has 4 N–H and O–H groups in total. The Kier molecular flexibility index (Phi) is 7.67. The molecular weight excluding hydrogens is 382 g/mol. The van der Waals surface area contributed by atoms with Crippen LogP contribution in [-0.4, -0.2) is 27.1 Å². The molecular formula is C15H21BrClN5O. The van der Waals surface area contributed by atoms with Crippen molar-refractivity contribution in [3.8, 4) is 11.4 Å². The molecule has 1 atom stereocenters. The summed E-state index contributed by atoms with van der Waals surface area (Å²) in [7, 11) is 0. The van der Waals surface area contributed by atoms with Gasteiger partial charge in [-0.05, 0) is 24.5 Å². The lowest BCUT2D eigenvalue weighted by Gasteiger charge is -2.13. The molecule has 2 rings (SSSR count). The number of carbonyl (C=O) groups excluding carboxylic acids is 1. The number of aromatic amines is 1. The van der Waals surface area contributed by atoms with Gasteiger partial charge in [-0.1, -0.05) is 41.9 Å². The lowest BCUT2D eigenvalue weighted by Crippen LogP contribution is -2.41. The second kappa shape index (κ2) is 9.00. The van der Waals surface area contributed by atoms with Gasteiger partial charge in [-0.15, -0.1) is 12.4 Å². The van der Waals surface area contributed by atoms with Gasteiger partial charge in [-0.2, -0.15) is 5.10 Å². The van der Waals surface area contributed by atoms with E-state index in [2.05, 4.69) is 36.4 Å². The summed E-state index contributed by atoms with van der Waals surface area (Å²) in [5.41, 5.74) is 6.74. The number of amides is 1. The molecule has 1 heterocycles. The molecule has 0 aliphatic carbocycles. The molecule has 0 unspecified atom stereocenters. The lowest BCUT2D eigenvalue weighted by molar-refractivity contribution is -0.122. The molecule has 0 spiro atoms. The largest absolute Gasteiger partial charge is 0.347 e. The number of carbonyl (C=O) groups is 1. The van der Waals surface area contributed by atoms with E-state index in [-0.39, 0.29) is 24.9 Å². The number of halogens is 2. The highest BCUT2D eigenvalue weighted by Crippen LogP contribution is 2.18. The van der Waals surface area contributed by atoms with Crippen LogP contribution in [0.4, 0.5) is 0 Å². The molecule has 23 heavy (non-hydrogen) atoms. The van der Waals surface area contributed by atoms with Crippen LogP contribution in [0.25, 0.3) is 11.4 Å². The molecule has 0 saturated heterocycles. The summed E-state index contributed by atoms with van der Waals surface area (Å²) in [4.78, 5) is 16.2. The number of rotatable bonds is 6. The molecule has 6 nitrogen and oxygen atoms in total. The summed E-state index contributed by atoms with van der Waals surface area (Å²) in [5, 5.41) is 9.75. The van der Waals surface area contributed by atoms with E-state index in [4.69, 9.17) is 5.73 Å². The summed E-state index contributed by atoms with van der Waals surface area (Å²) in [6.45, 7) is 4.36. The Labute approximate surface area is 150 Å². The zero-order valence-electron chi connectivity index (χ0n) is 13.0. The predicted molar refractivity (Wildman–Crippen MR) is 96.0 cm³/mol. The smallest absolute Gasteiger partial charge is 0.237 e. The van der Waals surface area contributed by atoms with E-state index in [9.17, 15) is 4.79 Å². The molecule has 0 bridgehead atoms. The van der Waals surface area contributed by atoms with Crippen LogP contribution in [0.1, 0.15) is 26.1 Å². The highest BCUT2D eigenvalue weighted by molar-refractivity contribution is 9.10. The topological polar surface area (TPSA) is 96.7 Å². The van der Waals surface area contributed by atoms with Gasteiger partial charge in [0.15, 0.2) is 5.82 Å². The number of hydrogen-bond acceptors (Lipinski definition) is 4. The lowest BCUT2D eigenvalue weighted by atomic mass is 10.0. The fraction of sp³-hybridized carbons (Fsp3) is 0.400. The van der Waals surface area contributed by atoms with Gasteiger partial charge in [0.2, 0.25) is 5.91 Å². The minimum absolute atomic E-state index is 0. The van der Waals surface area contributed by atoms with Crippen LogP contribution in [0.5, 0.6) is 0 Å². The first-order valence-electron chi connectivity index (χ1n) is 7.16. The maximum absolute atomic E-state index is 11.9. The van der Waals surface area contributed by atoms with Crippen LogP contribution in [0.15, 0.2) is 28.7 Å². The monoisotopic (exact) mass is 401 g/mol. The second-order valence-electron chi connectivity index (χ2n) is 5.57. The van der Waals surface area contributed by atoms with Gasteiger partial charge in [-0.25, -0.2) is 4.98 Å². The van der Waals surface area contributed by atoms with Gasteiger partial charge in [-0.3, -0.25) is 9.89 Å². The minimum atomic E-state index is -0.492. The fourth-order valence-corrected chi connectivity index (χ4v) is 2.28. The Hall–Kier alpha value is -1.44. The quantitative estimate of drug-likeness (QED) is 0.692. The van der Waals surface area contributed by atoms with E-state index in [0.29, 0.717) is 24.0 Å². The van der Waals surface area contributed by atoms with Crippen molar-refractivity contribution >= 4 is 34.2 Å². The van der Waals surface area contributed by atoms with Crippen LogP contribution in [0.3, 0.4) is 0 Å². The number of hydrogen-bond donors (Lipinski definition) is 3. The Morgan fingerprint density at radius 2 is 2.00 bits per heavy atom. The molecule has 1 aromatic heterocycles. The van der Waals surface area contributed by atoms with Crippen molar-refractivity contribution in [1.29, 1.82) is 0 Å². The SMILES string of the molecule is CC(C)C[C@H](N)C(=O)NCc1nc(-c2ccc(Br)cc2)n[nH]1.Cl. The molecule has 0 saturated carbocycles. The summed E-state index contributed by atoms with van der Waals surface area (Å²) < 4.78 is 0.999. The van der Waals surface area contributed by atoms with Crippen molar-refractivity contribution in [1.82, 2.24) is 20.5 Å². The highest BCUT2D eigenvalue weighted by atomic mass is 79.9. The third-order valence-corrected chi connectivity index (χ3v) is 3.65. The van der Waals surface area contributed by atoms with E-state index in [1.54, 1.807) is 0 Å². The number of nitrogens with one attached hydrogen (secondary N) is 2. The van der Waals surface area contributed by atoms with Gasteiger partial charge < -0.3 is 11.1 Å². The molecule has 126 valence electrons. The van der Waals surface area contributed by atoms with Crippen molar-refractivity contribution in [2.75, 3.05) is 0 Å². The summed E-state index contributed by atoms with van der Waals surface area (Å²) in [6.07, 6.45) is 0.659. The molecule has 0 fully saturated rings. The molecule has 0 aliphatic rings. The van der Waals surface area contributed by atoms with Gasteiger partial charge >= 0.3 is 0 Å². The van der Waals surface area contributed by atoms with E-state index < -0.39 is 6.04 Å². The molecule has 2 aromatic rings. The van der Waals surface area contributed by atoms with Gasteiger partial charge in [0.05, 0.1) is 12.6 Å². The van der Waals surface area contributed by atoms with Gasteiger partial charge in [0, 0.05) is 10.0 Å². The minimum Gasteiger partial charge on any atom is -0.347 e. The molecule has 1 amide bonds. The van der Waals surface area contributed by atoms with Gasteiger partial charge in [0.25, 0.3) is 0 Å². The molecule has 1 aromatic carbocycles. The summed E-state index contributed by atoms with van der Waals surface area (Å²) in [5.74, 6) is 1.41. The summed E-state index contributed by atoms with van der Waals surface area (Å²) >= 11 is 3.39. The van der Waals surface area contributed by atoms with Crippen molar-refractivity contribution in [3.05, 3.63) is 34.6 Å². The maximum atomic E-state index is 11.9. The number of nitrogens with zero attached hydrogens (tertiary/aromatic N) is 2. The Balaban J connectivity index is 0.00000264. The maximum Gasteiger partial charge on any atom is 0.237 e. The zero-order chi connectivity index (χ0) is 16.1. The third kappa shape index (κ3) is 5.93. The van der Waals surface area contributed by atoms with Crippen LogP contribution in [0.2, 0.25) is 0 Å². The zero-order valence-corrected chi connectivity index (χ0v) is 15.4. The van der Waals surface area contributed by atoms with Crippen molar-refractivity contribution in [3.63, 3.8) is 0 Å². The predicted octanol–water partition coefficient (Wildman–Crippen LogP) is 2.65. The fourth-order valence-electron chi connectivity index (χ4n) is 2.02. The van der Waals surface area contributed by atoms with Gasteiger partial charge in [0.1, 0.15) is 5.82 Å². The number of H-pyrrole nitrogens is 1. The highest BCUT2D eigenvalue weighted by Gasteiger charge is 2.15. The van der Waals surface area contributed by atoms with Crippen molar-refractivity contribution in [2.45, 2.75) is 32.9 Å². The standard InChI is InChI=1S/C15H20BrN5O.ClH/c1-9(2)7-12(17)15(22)18-8-13-19-14(21-20-13)10-3-5-11(16)6-4-10;/h3-6,9,12H,7-8,17H2,1-2H3,(H,18,22)(H,19,20,21);1H/t12-;/m0./s1. The average Bonchev–Trinajstić information content (AvgIpc) is 2.93. The molecule has 8 heteroatoms. The normalized spacial score (nSPS) is 11.9. The van der Waals surface area contributed by atoms with Crippen LogP contribution >= 0.6 is 28.3 Å². The first kappa shape index (κ1) is 19.6.